The SMILES string of the molecule is Brc1ccc([C@@H](Nc2cccc[nH+]2)c2ccccc2)cc1. The van der Waals surface area contributed by atoms with Gasteiger partial charge in [-0.05, 0) is 18.2 Å². The molecule has 0 aliphatic rings. The predicted octanol–water partition coefficient (Wildman–Crippen LogP) is 4.46. The van der Waals surface area contributed by atoms with Crippen LogP contribution in [-0.2, 0) is 0 Å². The van der Waals surface area contributed by atoms with Crippen molar-refractivity contribution >= 4 is 21.7 Å². The number of pyridine rings is 1. The Balaban J connectivity index is 1.97. The molecule has 0 bridgehead atoms. The van der Waals surface area contributed by atoms with Crippen LogP contribution in [-0.4, -0.2) is 0 Å². The standard InChI is InChI=1S/C18H15BrN2/c19-16-11-9-15(10-12-16)18(14-6-2-1-3-7-14)21-17-8-4-5-13-20-17/h1-13,18H,(H,20,21)/p+1/t18-/m0/s1. The molecule has 0 radical (unpaired) electrons. The van der Waals surface area contributed by atoms with Crippen molar-refractivity contribution in [3.05, 3.63) is 94.6 Å². The van der Waals surface area contributed by atoms with Gasteiger partial charge in [0.2, 0.25) is 0 Å². The fraction of sp³-hybridized carbons (Fsp3) is 0.0556. The van der Waals surface area contributed by atoms with Gasteiger partial charge in [0.1, 0.15) is 6.04 Å². The second-order valence-corrected chi connectivity index (χ2v) is 5.73. The largest absolute Gasteiger partial charge is 0.272 e. The summed E-state index contributed by atoms with van der Waals surface area (Å²) in [6.07, 6.45) is 1.92. The third kappa shape index (κ3) is 3.50. The molecule has 1 heterocycles. The molecule has 3 rings (SSSR count). The van der Waals surface area contributed by atoms with Crippen molar-refractivity contribution in [2.75, 3.05) is 5.32 Å². The van der Waals surface area contributed by atoms with Gasteiger partial charge in [-0.25, -0.2) is 4.98 Å². The van der Waals surface area contributed by atoms with Crippen LogP contribution in [0, 0.1) is 0 Å². The van der Waals surface area contributed by atoms with Crippen molar-refractivity contribution in [1.29, 1.82) is 0 Å². The van der Waals surface area contributed by atoms with Crippen molar-refractivity contribution in [3.63, 3.8) is 0 Å². The molecule has 2 aromatic carbocycles. The van der Waals surface area contributed by atoms with E-state index in [2.05, 4.69) is 74.8 Å². The predicted molar refractivity (Wildman–Crippen MR) is 89.0 cm³/mol. The Morgan fingerprint density at radius 3 is 2.10 bits per heavy atom. The zero-order chi connectivity index (χ0) is 14.5. The molecule has 1 atom stereocenters. The highest BCUT2D eigenvalue weighted by atomic mass is 79.9. The number of hydrogen-bond donors (Lipinski definition) is 1. The molecule has 104 valence electrons. The summed E-state index contributed by atoms with van der Waals surface area (Å²) in [5.74, 6) is 0.995. The highest BCUT2D eigenvalue weighted by Gasteiger charge is 2.18. The molecule has 0 amide bonds. The third-order valence-corrected chi connectivity index (χ3v) is 3.87. The molecule has 3 aromatic rings. The molecule has 0 fully saturated rings. The Morgan fingerprint density at radius 2 is 1.43 bits per heavy atom. The van der Waals surface area contributed by atoms with Gasteiger partial charge in [0, 0.05) is 21.7 Å². The van der Waals surface area contributed by atoms with E-state index in [1.807, 2.05) is 30.5 Å². The molecular weight excluding hydrogens is 324 g/mol. The van der Waals surface area contributed by atoms with Crippen LogP contribution in [0.4, 0.5) is 5.82 Å². The van der Waals surface area contributed by atoms with Crippen molar-refractivity contribution in [3.8, 4) is 0 Å². The van der Waals surface area contributed by atoms with E-state index in [9.17, 15) is 0 Å². The fourth-order valence-corrected chi connectivity index (χ4v) is 2.56. The Kier molecular flexibility index (Phi) is 4.31. The smallest absolute Gasteiger partial charge is 0.263 e. The molecule has 0 saturated heterocycles. The van der Waals surface area contributed by atoms with Crippen molar-refractivity contribution in [2.45, 2.75) is 6.04 Å². The van der Waals surface area contributed by atoms with E-state index in [-0.39, 0.29) is 6.04 Å². The monoisotopic (exact) mass is 339 g/mol. The highest BCUT2D eigenvalue weighted by molar-refractivity contribution is 9.10. The Morgan fingerprint density at radius 1 is 0.762 bits per heavy atom. The number of rotatable bonds is 4. The van der Waals surface area contributed by atoms with E-state index in [0.717, 1.165) is 10.3 Å². The second-order valence-electron chi connectivity index (χ2n) is 4.82. The maximum Gasteiger partial charge on any atom is 0.272 e. The van der Waals surface area contributed by atoms with E-state index in [1.165, 1.54) is 11.1 Å². The van der Waals surface area contributed by atoms with Gasteiger partial charge in [-0.1, -0.05) is 64.5 Å². The third-order valence-electron chi connectivity index (χ3n) is 3.35. The number of anilines is 1. The molecule has 2 nitrogen and oxygen atoms in total. The van der Waals surface area contributed by atoms with E-state index >= 15 is 0 Å². The summed E-state index contributed by atoms with van der Waals surface area (Å²) < 4.78 is 1.09. The number of aromatic amines is 1. The Hall–Kier alpha value is -2.13. The molecule has 0 unspecified atom stereocenters. The van der Waals surface area contributed by atoms with Crippen molar-refractivity contribution < 1.29 is 4.98 Å². The number of benzene rings is 2. The van der Waals surface area contributed by atoms with E-state index in [0.29, 0.717) is 0 Å². The van der Waals surface area contributed by atoms with Gasteiger partial charge < -0.3 is 0 Å². The average Bonchev–Trinajstić information content (AvgIpc) is 2.55. The maximum absolute atomic E-state index is 3.56. The molecule has 2 N–H and O–H groups in total. The van der Waals surface area contributed by atoms with Crippen molar-refractivity contribution in [1.82, 2.24) is 0 Å². The lowest BCUT2D eigenvalue weighted by atomic mass is 9.99. The van der Waals surface area contributed by atoms with Gasteiger partial charge >= 0.3 is 0 Å². The van der Waals surface area contributed by atoms with Crippen LogP contribution >= 0.6 is 15.9 Å². The summed E-state index contributed by atoms with van der Waals surface area (Å²) in [5.41, 5.74) is 2.46. The maximum atomic E-state index is 3.56. The normalized spacial score (nSPS) is 11.9. The molecule has 0 aliphatic heterocycles. The summed E-state index contributed by atoms with van der Waals surface area (Å²) >= 11 is 3.49. The lowest BCUT2D eigenvalue weighted by Gasteiger charge is -2.15. The first-order valence-electron chi connectivity index (χ1n) is 6.86. The van der Waals surface area contributed by atoms with Crippen molar-refractivity contribution in [2.24, 2.45) is 0 Å². The summed E-state index contributed by atoms with van der Waals surface area (Å²) in [5, 5.41) is 3.56. The van der Waals surface area contributed by atoms with Crippen LogP contribution in [0.5, 0.6) is 0 Å². The van der Waals surface area contributed by atoms with Crippen LogP contribution in [0.15, 0.2) is 83.5 Å². The van der Waals surface area contributed by atoms with Crippen LogP contribution in [0.3, 0.4) is 0 Å². The summed E-state index contributed by atoms with van der Waals surface area (Å²) in [7, 11) is 0. The van der Waals surface area contributed by atoms with Gasteiger partial charge in [-0.15, -0.1) is 0 Å². The number of nitrogens with one attached hydrogen (secondary N) is 2. The zero-order valence-electron chi connectivity index (χ0n) is 11.5. The quantitative estimate of drug-likeness (QED) is 0.745. The van der Waals surface area contributed by atoms with E-state index in [4.69, 9.17) is 0 Å². The molecule has 0 aliphatic carbocycles. The molecule has 1 aromatic heterocycles. The van der Waals surface area contributed by atoms with Crippen LogP contribution in [0.1, 0.15) is 17.2 Å². The van der Waals surface area contributed by atoms with Crippen LogP contribution in [0.25, 0.3) is 0 Å². The summed E-state index contributed by atoms with van der Waals surface area (Å²) in [6.45, 7) is 0. The molecular formula is C18H16BrN2+. The Bertz CT molecular complexity index is 681. The minimum absolute atomic E-state index is 0.109. The lowest BCUT2D eigenvalue weighted by Crippen LogP contribution is -2.18. The van der Waals surface area contributed by atoms with E-state index < -0.39 is 0 Å². The van der Waals surface area contributed by atoms with Crippen LogP contribution < -0.4 is 10.3 Å². The topological polar surface area (TPSA) is 26.2 Å². The zero-order valence-corrected chi connectivity index (χ0v) is 13.0. The molecule has 3 heteroatoms. The number of halogens is 1. The number of aromatic nitrogens is 1. The minimum Gasteiger partial charge on any atom is -0.263 e. The summed E-state index contributed by atoms with van der Waals surface area (Å²) in [4.78, 5) is 3.23. The van der Waals surface area contributed by atoms with Gasteiger partial charge in [0.15, 0.2) is 0 Å². The average molecular weight is 340 g/mol. The second kappa shape index (κ2) is 6.55. The summed E-state index contributed by atoms with van der Waals surface area (Å²) in [6, 6.07) is 25.0. The van der Waals surface area contributed by atoms with Gasteiger partial charge in [0.05, 0.1) is 6.20 Å². The number of H-pyrrole nitrogens is 1. The Labute approximate surface area is 133 Å². The van der Waals surface area contributed by atoms with Gasteiger partial charge in [-0.3, -0.25) is 5.32 Å². The number of hydrogen-bond acceptors (Lipinski definition) is 1. The highest BCUT2D eigenvalue weighted by Crippen LogP contribution is 2.26. The molecule has 0 saturated carbocycles. The minimum atomic E-state index is 0.109. The molecule has 21 heavy (non-hydrogen) atoms. The van der Waals surface area contributed by atoms with Gasteiger partial charge in [0.25, 0.3) is 5.82 Å². The fourth-order valence-electron chi connectivity index (χ4n) is 2.30. The molecule has 0 spiro atoms. The van der Waals surface area contributed by atoms with Gasteiger partial charge in [-0.2, -0.15) is 0 Å². The first-order valence-corrected chi connectivity index (χ1v) is 7.66. The van der Waals surface area contributed by atoms with Crippen LogP contribution in [0.2, 0.25) is 0 Å². The lowest BCUT2D eigenvalue weighted by molar-refractivity contribution is -0.361. The first-order chi connectivity index (χ1) is 10.3. The van der Waals surface area contributed by atoms with E-state index in [1.54, 1.807) is 0 Å². The first kappa shape index (κ1) is 13.8.